The Morgan fingerprint density at radius 3 is 2.57 bits per heavy atom. The molecule has 3 unspecified atom stereocenters. The van der Waals surface area contributed by atoms with Crippen LogP contribution in [0.4, 0.5) is 19.0 Å². The molecule has 0 amide bonds. The van der Waals surface area contributed by atoms with Crippen LogP contribution in [0.15, 0.2) is 42.4 Å². The third-order valence-electron chi connectivity index (χ3n) is 13.7. The van der Waals surface area contributed by atoms with E-state index >= 15 is 8.78 Å². The van der Waals surface area contributed by atoms with Gasteiger partial charge in [-0.3, -0.25) is 9.88 Å². The summed E-state index contributed by atoms with van der Waals surface area (Å²) in [6.07, 6.45) is 6.53. The summed E-state index contributed by atoms with van der Waals surface area (Å²) in [5, 5.41) is 16.0. The first-order chi connectivity index (χ1) is 27.7. The van der Waals surface area contributed by atoms with Gasteiger partial charge in [-0.25, -0.2) is 13.2 Å². The maximum absolute atomic E-state index is 17.6. The van der Waals surface area contributed by atoms with E-state index in [4.69, 9.17) is 24.4 Å². The number of hydrogen-bond acceptors (Lipinski definition) is 9. The summed E-state index contributed by atoms with van der Waals surface area (Å²) in [4.78, 5) is 18.8. The fraction of sp³-hybridized carbons (Fsp3) is 0.533. The van der Waals surface area contributed by atoms with E-state index in [0.717, 1.165) is 37.8 Å². The molecule has 13 heteroatoms. The summed E-state index contributed by atoms with van der Waals surface area (Å²) in [5.74, 6) is 2.40. The molecule has 4 saturated heterocycles. The summed E-state index contributed by atoms with van der Waals surface area (Å²) in [6, 6.07) is 6.09. The molecule has 0 aliphatic carbocycles. The minimum atomic E-state index is -2.29. The van der Waals surface area contributed by atoms with E-state index in [9.17, 15) is 9.50 Å². The van der Waals surface area contributed by atoms with Crippen molar-refractivity contribution in [2.45, 2.75) is 107 Å². The van der Waals surface area contributed by atoms with Gasteiger partial charge in [-0.2, -0.15) is 9.97 Å². The molecule has 4 aliphatic rings. The highest BCUT2D eigenvalue weighted by molar-refractivity contribution is 6.90. The van der Waals surface area contributed by atoms with Crippen molar-refractivity contribution in [1.82, 2.24) is 25.2 Å². The molecule has 3 atom stereocenters. The number of phenols is 1. The molecule has 4 fully saturated rings. The van der Waals surface area contributed by atoms with Crippen LogP contribution in [0.1, 0.15) is 79.2 Å². The summed E-state index contributed by atoms with van der Waals surface area (Å²) < 4.78 is 59.5. The van der Waals surface area contributed by atoms with Crippen LogP contribution in [-0.4, -0.2) is 96.7 Å². The molecule has 308 valence electrons. The van der Waals surface area contributed by atoms with Gasteiger partial charge in [0, 0.05) is 49.9 Å². The van der Waals surface area contributed by atoms with Crippen molar-refractivity contribution in [3.63, 3.8) is 0 Å². The number of hydrogen-bond donors (Lipinski definition) is 2. The van der Waals surface area contributed by atoms with Crippen molar-refractivity contribution in [2.75, 3.05) is 51.4 Å². The summed E-state index contributed by atoms with van der Waals surface area (Å²) in [5.41, 5.74) is 4.89. The normalized spacial score (nSPS) is 24.2. The average molecular weight is 813 g/mol. The second-order valence-electron chi connectivity index (χ2n) is 18.1. The van der Waals surface area contributed by atoms with Gasteiger partial charge in [0.05, 0.1) is 35.0 Å². The number of nitrogens with one attached hydrogen (secondary N) is 1. The number of phenolic OH excluding ortho intramolecular Hbond substituents is 1. The fourth-order valence-electron chi connectivity index (χ4n) is 11.1. The topological polar surface area (TPSA) is 95.9 Å². The lowest BCUT2D eigenvalue weighted by Gasteiger charge is -2.41. The third-order valence-corrected chi connectivity index (χ3v) is 20.0. The molecule has 2 bridgehead atoms. The van der Waals surface area contributed by atoms with Gasteiger partial charge in [0.15, 0.2) is 5.82 Å². The number of pyridine rings is 1. The predicted molar refractivity (Wildman–Crippen MR) is 226 cm³/mol. The molecule has 2 aromatic heterocycles. The van der Waals surface area contributed by atoms with E-state index in [1.807, 2.05) is 0 Å². The Hall–Kier alpha value is -4.22. The molecular formula is C45H55F3N6O3Si. The minimum Gasteiger partial charge on any atom is -0.508 e. The molecule has 4 aliphatic heterocycles. The fourth-order valence-corrected chi connectivity index (χ4v) is 16.3. The number of piperazine rings is 1. The lowest BCUT2D eigenvalue weighted by Crippen LogP contribution is -2.61. The number of nitrogens with zero attached hydrogens (tertiary/aromatic N) is 5. The van der Waals surface area contributed by atoms with Crippen molar-refractivity contribution in [3.05, 3.63) is 59.6 Å². The largest absolute Gasteiger partial charge is 0.508 e. The highest BCUT2D eigenvalue weighted by atomic mass is 28.3. The van der Waals surface area contributed by atoms with Crippen LogP contribution in [0.2, 0.25) is 16.6 Å². The zero-order valence-corrected chi connectivity index (χ0v) is 35.7. The number of rotatable bonds is 10. The lowest BCUT2D eigenvalue weighted by molar-refractivity contribution is 0.107. The van der Waals surface area contributed by atoms with Crippen LogP contribution in [0, 0.1) is 23.1 Å². The standard InChI is InChI=1S/C45H55F3N6O3Si/c1-27(2)58(28(3)4,29(5)6)16-12-34-37(47)10-9-31-17-33(55)18-35(38(31)34)40-39(48)41-36(21-49-40)42(53-23-32-11-14-44(24-53,52-32)25-56-7)51-43(50-41)57-26-45-13-8-15-54(45)22-30(19-45)20-46/h9-10,17-18,20-21,27-29,32,52,55H,8,11,13-15,19,22-26H2,1-7H3/b30-20-. The van der Waals surface area contributed by atoms with Crippen LogP contribution < -0.4 is 15.0 Å². The molecule has 6 heterocycles. The first-order valence-corrected chi connectivity index (χ1v) is 23.0. The van der Waals surface area contributed by atoms with E-state index in [1.165, 1.54) is 12.1 Å². The first-order valence-electron chi connectivity index (χ1n) is 20.8. The van der Waals surface area contributed by atoms with Gasteiger partial charge in [-0.1, -0.05) is 53.5 Å². The zero-order valence-electron chi connectivity index (χ0n) is 34.7. The smallest absolute Gasteiger partial charge is 0.319 e. The molecule has 8 rings (SSSR count). The monoisotopic (exact) mass is 812 g/mol. The predicted octanol–water partition coefficient (Wildman–Crippen LogP) is 8.83. The highest BCUT2D eigenvalue weighted by Gasteiger charge is 2.48. The molecule has 58 heavy (non-hydrogen) atoms. The van der Waals surface area contributed by atoms with E-state index < -0.39 is 25.2 Å². The number of methoxy groups -OCH3 is 1. The van der Waals surface area contributed by atoms with Crippen LogP contribution in [0.5, 0.6) is 11.8 Å². The van der Waals surface area contributed by atoms with Crippen LogP contribution >= 0.6 is 0 Å². The average Bonchev–Trinajstić information content (AvgIpc) is 3.83. The van der Waals surface area contributed by atoms with Crippen molar-refractivity contribution >= 4 is 35.6 Å². The Bertz CT molecular complexity index is 2320. The molecule has 4 aromatic rings. The van der Waals surface area contributed by atoms with Gasteiger partial charge in [0.1, 0.15) is 43.3 Å². The van der Waals surface area contributed by atoms with Gasteiger partial charge < -0.3 is 24.8 Å². The number of benzene rings is 2. The number of aromatic nitrogens is 3. The van der Waals surface area contributed by atoms with Crippen molar-refractivity contribution in [3.8, 4) is 34.5 Å². The Kier molecular flexibility index (Phi) is 10.8. The van der Waals surface area contributed by atoms with Gasteiger partial charge in [-0.15, -0.1) is 5.54 Å². The van der Waals surface area contributed by atoms with Gasteiger partial charge in [0.25, 0.3) is 0 Å². The molecular weight excluding hydrogens is 758 g/mol. The van der Waals surface area contributed by atoms with E-state index in [2.05, 4.69) is 68.1 Å². The highest BCUT2D eigenvalue weighted by Crippen LogP contribution is 2.44. The summed E-state index contributed by atoms with van der Waals surface area (Å²) in [7, 11) is -0.599. The Balaban J connectivity index is 1.29. The maximum Gasteiger partial charge on any atom is 0.319 e. The minimum absolute atomic E-state index is 0.000378. The first kappa shape index (κ1) is 40.6. The molecule has 0 saturated carbocycles. The van der Waals surface area contributed by atoms with Crippen LogP contribution in [0.3, 0.4) is 0 Å². The maximum atomic E-state index is 17.6. The molecule has 9 nitrogen and oxygen atoms in total. The number of anilines is 1. The summed E-state index contributed by atoms with van der Waals surface area (Å²) >= 11 is 0. The second kappa shape index (κ2) is 15.4. The van der Waals surface area contributed by atoms with Gasteiger partial charge in [-0.05, 0) is 84.4 Å². The van der Waals surface area contributed by atoms with Crippen LogP contribution in [0.25, 0.3) is 32.9 Å². The number of aromatic hydroxyl groups is 1. The Labute approximate surface area is 340 Å². The van der Waals surface area contributed by atoms with E-state index in [0.29, 0.717) is 77.6 Å². The Morgan fingerprint density at radius 2 is 1.84 bits per heavy atom. The lowest BCUT2D eigenvalue weighted by atomic mass is 9.94. The number of halogens is 3. The SMILES string of the molecule is COCC12CCC(CN(c3nc(OCC45CCCN4C/C(=C\F)C5)nc4c(F)c(-c5cc(O)cc6ccc(F)c(C#C[Si](C(C)C)(C(C)C)C(C)C)c56)ncc34)C1)N2. The quantitative estimate of drug-likeness (QED) is 0.120. The Morgan fingerprint density at radius 1 is 1.07 bits per heavy atom. The molecule has 0 spiro atoms. The van der Waals surface area contributed by atoms with Crippen molar-refractivity contribution in [2.24, 2.45) is 0 Å². The van der Waals surface area contributed by atoms with Crippen molar-refractivity contribution in [1.29, 1.82) is 0 Å². The number of ether oxygens (including phenoxy) is 2. The van der Waals surface area contributed by atoms with E-state index in [1.54, 1.807) is 25.4 Å². The van der Waals surface area contributed by atoms with E-state index in [-0.39, 0.29) is 52.3 Å². The van der Waals surface area contributed by atoms with Gasteiger partial charge >= 0.3 is 6.01 Å². The number of fused-ring (bicyclic) bond motifs is 5. The zero-order chi connectivity index (χ0) is 41.1. The third kappa shape index (κ3) is 6.83. The van der Waals surface area contributed by atoms with Crippen LogP contribution in [-0.2, 0) is 4.74 Å². The molecule has 2 aromatic carbocycles. The van der Waals surface area contributed by atoms with Crippen molar-refractivity contribution < 1.29 is 27.8 Å². The summed E-state index contributed by atoms with van der Waals surface area (Å²) in [6.45, 7) is 16.5. The second-order valence-corrected chi connectivity index (χ2v) is 23.7. The molecule has 2 N–H and O–H groups in total. The van der Waals surface area contributed by atoms with Gasteiger partial charge in [0.2, 0.25) is 0 Å². The molecule has 0 radical (unpaired) electrons.